The Morgan fingerprint density at radius 3 is 2.64 bits per heavy atom. The number of aromatic nitrogens is 1. The summed E-state index contributed by atoms with van der Waals surface area (Å²) in [6.45, 7) is 4.25. The van der Waals surface area contributed by atoms with E-state index in [2.05, 4.69) is 78.8 Å². The standard InChI is InChI=1S/C20H18N2/c1-13-11-17(15-7-3-5-9-19(15)21-13)18-12-14(2)22-20-10-6-4-8-16(18)20/h3-13,21H,1-2H3. The van der Waals surface area contributed by atoms with Gasteiger partial charge in [-0.1, -0.05) is 42.5 Å². The second kappa shape index (κ2) is 4.99. The van der Waals surface area contributed by atoms with Crippen molar-refractivity contribution >= 4 is 22.2 Å². The highest BCUT2D eigenvalue weighted by Gasteiger charge is 2.19. The molecule has 2 nitrogen and oxygen atoms in total. The predicted octanol–water partition coefficient (Wildman–Crippen LogP) is 4.79. The van der Waals surface area contributed by atoms with Crippen molar-refractivity contribution in [1.29, 1.82) is 0 Å². The summed E-state index contributed by atoms with van der Waals surface area (Å²) in [7, 11) is 0. The second-order valence-corrected chi connectivity index (χ2v) is 5.89. The van der Waals surface area contributed by atoms with E-state index in [-0.39, 0.29) is 0 Å². The smallest absolute Gasteiger partial charge is 0.0711 e. The third-order valence-electron chi connectivity index (χ3n) is 4.15. The van der Waals surface area contributed by atoms with E-state index >= 15 is 0 Å². The summed E-state index contributed by atoms with van der Waals surface area (Å²) in [6.07, 6.45) is 2.31. The number of benzene rings is 2. The van der Waals surface area contributed by atoms with Gasteiger partial charge in [-0.2, -0.15) is 0 Å². The minimum Gasteiger partial charge on any atom is -0.379 e. The first kappa shape index (κ1) is 13.1. The van der Waals surface area contributed by atoms with Crippen LogP contribution in [0, 0.1) is 6.92 Å². The average Bonchev–Trinajstić information content (AvgIpc) is 2.53. The largest absolute Gasteiger partial charge is 0.379 e. The van der Waals surface area contributed by atoms with Crippen LogP contribution >= 0.6 is 0 Å². The number of fused-ring (bicyclic) bond motifs is 2. The van der Waals surface area contributed by atoms with Gasteiger partial charge in [0.1, 0.15) is 0 Å². The van der Waals surface area contributed by atoms with Crippen molar-refractivity contribution in [3.05, 3.63) is 77.5 Å². The van der Waals surface area contributed by atoms with Gasteiger partial charge in [-0.05, 0) is 43.2 Å². The predicted molar refractivity (Wildman–Crippen MR) is 93.1 cm³/mol. The van der Waals surface area contributed by atoms with Gasteiger partial charge in [-0.15, -0.1) is 0 Å². The van der Waals surface area contributed by atoms with Crippen molar-refractivity contribution in [2.24, 2.45) is 0 Å². The number of anilines is 1. The van der Waals surface area contributed by atoms with Gasteiger partial charge in [-0.25, -0.2) is 0 Å². The maximum atomic E-state index is 4.66. The molecule has 108 valence electrons. The van der Waals surface area contributed by atoms with Crippen molar-refractivity contribution in [1.82, 2.24) is 4.98 Å². The number of aryl methyl sites for hydroxylation is 1. The van der Waals surface area contributed by atoms with Crippen LogP contribution in [0.15, 0.2) is 60.7 Å². The molecule has 1 N–H and O–H groups in total. The molecule has 0 radical (unpaired) electrons. The lowest BCUT2D eigenvalue weighted by molar-refractivity contribution is 0.986. The van der Waals surface area contributed by atoms with Gasteiger partial charge in [0.15, 0.2) is 0 Å². The minimum absolute atomic E-state index is 0.317. The first-order valence-corrected chi connectivity index (χ1v) is 7.67. The van der Waals surface area contributed by atoms with Gasteiger partial charge in [0.2, 0.25) is 0 Å². The maximum absolute atomic E-state index is 4.66. The number of hydrogen-bond donors (Lipinski definition) is 1. The number of hydrogen-bond acceptors (Lipinski definition) is 2. The van der Waals surface area contributed by atoms with Gasteiger partial charge < -0.3 is 5.32 Å². The first-order valence-electron chi connectivity index (χ1n) is 7.67. The molecule has 0 saturated heterocycles. The quantitative estimate of drug-likeness (QED) is 0.695. The third kappa shape index (κ3) is 2.08. The number of para-hydroxylation sites is 2. The van der Waals surface area contributed by atoms with E-state index in [4.69, 9.17) is 0 Å². The first-order chi connectivity index (χ1) is 10.7. The van der Waals surface area contributed by atoms with Crippen LogP contribution in [0.25, 0.3) is 16.5 Å². The summed E-state index contributed by atoms with van der Waals surface area (Å²) in [5.74, 6) is 0. The normalized spacial score (nSPS) is 16.8. The highest BCUT2D eigenvalue weighted by molar-refractivity contribution is 5.99. The van der Waals surface area contributed by atoms with Gasteiger partial charge in [0.25, 0.3) is 0 Å². The summed E-state index contributed by atoms with van der Waals surface area (Å²) < 4.78 is 0. The molecule has 2 heterocycles. The van der Waals surface area contributed by atoms with Crippen LogP contribution in [-0.2, 0) is 0 Å². The molecule has 0 spiro atoms. The van der Waals surface area contributed by atoms with Crippen molar-refractivity contribution in [3.8, 4) is 0 Å². The molecule has 1 unspecified atom stereocenters. The highest BCUT2D eigenvalue weighted by atomic mass is 14.9. The van der Waals surface area contributed by atoms with E-state index in [1.165, 1.54) is 27.8 Å². The Morgan fingerprint density at radius 1 is 0.955 bits per heavy atom. The van der Waals surface area contributed by atoms with Crippen LogP contribution < -0.4 is 5.32 Å². The Balaban J connectivity index is 2.03. The van der Waals surface area contributed by atoms with Crippen molar-refractivity contribution < 1.29 is 0 Å². The van der Waals surface area contributed by atoms with E-state index in [9.17, 15) is 0 Å². The Morgan fingerprint density at radius 2 is 1.73 bits per heavy atom. The molecule has 2 heteroatoms. The molecule has 1 atom stereocenters. The molecule has 1 aromatic heterocycles. The Bertz CT molecular complexity index is 893. The van der Waals surface area contributed by atoms with Gasteiger partial charge >= 0.3 is 0 Å². The zero-order valence-corrected chi connectivity index (χ0v) is 12.8. The van der Waals surface area contributed by atoms with E-state index in [0.717, 1.165) is 11.2 Å². The Labute approximate surface area is 130 Å². The summed E-state index contributed by atoms with van der Waals surface area (Å²) in [6, 6.07) is 19.4. The van der Waals surface area contributed by atoms with E-state index in [1.54, 1.807) is 0 Å². The van der Waals surface area contributed by atoms with E-state index in [1.807, 2.05) is 6.07 Å². The number of nitrogens with one attached hydrogen (secondary N) is 1. The molecular weight excluding hydrogens is 268 g/mol. The van der Waals surface area contributed by atoms with Crippen LogP contribution in [0.1, 0.15) is 23.7 Å². The second-order valence-electron chi connectivity index (χ2n) is 5.89. The molecule has 4 rings (SSSR count). The monoisotopic (exact) mass is 286 g/mol. The molecule has 2 aromatic carbocycles. The number of pyridine rings is 1. The maximum Gasteiger partial charge on any atom is 0.0711 e. The van der Waals surface area contributed by atoms with Crippen LogP contribution in [0.2, 0.25) is 0 Å². The van der Waals surface area contributed by atoms with Crippen molar-refractivity contribution in [3.63, 3.8) is 0 Å². The lowest BCUT2D eigenvalue weighted by atomic mass is 9.89. The van der Waals surface area contributed by atoms with Crippen LogP contribution in [-0.4, -0.2) is 11.0 Å². The van der Waals surface area contributed by atoms with Crippen LogP contribution in [0.3, 0.4) is 0 Å². The lowest BCUT2D eigenvalue weighted by Gasteiger charge is -2.25. The molecule has 0 bridgehead atoms. The molecule has 0 saturated carbocycles. The lowest BCUT2D eigenvalue weighted by Crippen LogP contribution is -2.18. The van der Waals surface area contributed by atoms with E-state index in [0.29, 0.717) is 6.04 Å². The fourth-order valence-electron chi connectivity index (χ4n) is 3.24. The molecule has 0 aliphatic carbocycles. The van der Waals surface area contributed by atoms with Gasteiger partial charge in [-0.3, -0.25) is 4.98 Å². The zero-order chi connectivity index (χ0) is 15.1. The van der Waals surface area contributed by atoms with Crippen molar-refractivity contribution in [2.75, 3.05) is 5.32 Å². The zero-order valence-electron chi connectivity index (χ0n) is 12.8. The average molecular weight is 286 g/mol. The molecule has 0 amide bonds. The van der Waals surface area contributed by atoms with Crippen molar-refractivity contribution in [2.45, 2.75) is 19.9 Å². The third-order valence-corrected chi connectivity index (χ3v) is 4.15. The van der Waals surface area contributed by atoms with Gasteiger partial charge in [0, 0.05) is 28.4 Å². The molecule has 0 fully saturated rings. The molecular formula is C20H18N2. The highest BCUT2D eigenvalue weighted by Crippen LogP contribution is 2.36. The van der Waals surface area contributed by atoms with Crippen LogP contribution in [0.5, 0.6) is 0 Å². The molecule has 3 aromatic rings. The summed E-state index contributed by atoms with van der Waals surface area (Å²) in [4.78, 5) is 4.66. The molecule has 1 aliphatic rings. The van der Waals surface area contributed by atoms with Crippen LogP contribution in [0.4, 0.5) is 5.69 Å². The number of rotatable bonds is 1. The fourth-order valence-corrected chi connectivity index (χ4v) is 3.24. The SMILES string of the molecule is Cc1cc(C2=CC(C)Nc3ccccc32)c2ccccc2n1. The summed E-state index contributed by atoms with van der Waals surface area (Å²) in [5, 5.41) is 4.74. The molecule has 1 aliphatic heterocycles. The number of nitrogens with zero attached hydrogens (tertiary/aromatic N) is 1. The summed E-state index contributed by atoms with van der Waals surface area (Å²) >= 11 is 0. The Kier molecular flexibility index (Phi) is 2.97. The minimum atomic E-state index is 0.317. The van der Waals surface area contributed by atoms with E-state index < -0.39 is 0 Å². The molecule has 22 heavy (non-hydrogen) atoms. The van der Waals surface area contributed by atoms with Gasteiger partial charge in [0.05, 0.1) is 5.52 Å². The topological polar surface area (TPSA) is 24.9 Å². The fraction of sp³-hybridized carbons (Fsp3) is 0.150. The Hall–Kier alpha value is -2.61. The summed E-state index contributed by atoms with van der Waals surface area (Å²) in [5.41, 5.74) is 7.13.